The van der Waals surface area contributed by atoms with Crippen LogP contribution in [0.3, 0.4) is 0 Å². The Balaban J connectivity index is 1.39. The zero-order chi connectivity index (χ0) is 27.1. The van der Waals surface area contributed by atoms with Gasteiger partial charge in [-0.15, -0.1) is 0 Å². The van der Waals surface area contributed by atoms with Gasteiger partial charge in [-0.3, -0.25) is 4.79 Å². The number of alkyl carbamates (subject to hydrolysis) is 1. The van der Waals surface area contributed by atoms with Gasteiger partial charge in [0.1, 0.15) is 18.7 Å². The van der Waals surface area contributed by atoms with E-state index in [0.29, 0.717) is 6.42 Å². The van der Waals surface area contributed by atoms with Crippen LogP contribution in [0.4, 0.5) is 9.59 Å². The van der Waals surface area contributed by atoms with E-state index in [0.717, 1.165) is 47.9 Å². The molecule has 10 nitrogen and oxygen atoms in total. The summed E-state index contributed by atoms with van der Waals surface area (Å²) in [6.45, 7) is 0.308. The third kappa shape index (κ3) is 6.42. The first-order valence-electron chi connectivity index (χ1n) is 13.0. The highest BCUT2D eigenvalue weighted by atomic mass is 16.5. The number of nitrogens with two attached hydrogens (primary N) is 1. The van der Waals surface area contributed by atoms with Crippen LogP contribution in [0.2, 0.25) is 0 Å². The van der Waals surface area contributed by atoms with Crippen molar-refractivity contribution in [1.29, 1.82) is 0 Å². The van der Waals surface area contributed by atoms with Crippen LogP contribution in [0, 0.1) is 5.92 Å². The van der Waals surface area contributed by atoms with Crippen LogP contribution < -0.4 is 21.7 Å². The second-order valence-corrected chi connectivity index (χ2v) is 9.82. The molecule has 0 bridgehead atoms. The summed E-state index contributed by atoms with van der Waals surface area (Å²) in [5, 5.41) is 17.3. The van der Waals surface area contributed by atoms with Crippen LogP contribution in [0.5, 0.6) is 0 Å². The summed E-state index contributed by atoms with van der Waals surface area (Å²) >= 11 is 0. The van der Waals surface area contributed by atoms with Crippen molar-refractivity contribution in [2.24, 2.45) is 11.7 Å². The molecule has 2 aromatic rings. The first-order chi connectivity index (χ1) is 18.3. The highest BCUT2D eigenvalue weighted by Crippen LogP contribution is 2.44. The van der Waals surface area contributed by atoms with Gasteiger partial charge in [0.05, 0.1) is 0 Å². The Morgan fingerprint density at radius 3 is 2.13 bits per heavy atom. The summed E-state index contributed by atoms with van der Waals surface area (Å²) in [4.78, 5) is 48.7. The standard InChI is InChI=1S/C28H34N4O6/c29-27(36)30-15-7-14-23(26(34)35)31-25(33)24(17-8-1-2-9-17)32-28(37)38-16-22-20-12-5-3-10-18(20)19-11-4-6-13-21(19)22/h3-6,10-13,17,22-24H,1-2,7-9,14-16H2,(H,31,33)(H,32,37)(H,34,35)(H3,29,30,36)/t23-,24-/m0/s1. The summed E-state index contributed by atoms with van der Waals surface area (Å²) in [6, 6.07) is 13.3. The van der Waals surface area contributed by atoms with Crippen molar-refractivity contribution in [3.63, 3.8) is 0 Å². The van der Waals surface area contributed by atoms with Crippen molar-refractivity contribution in [1.82, 2.24) is 16.0 Å². The Kier molecular flexibility index (Phi) is 8.83. The SMILES string of the molecule is NC(=O)NCCC[C@H](NC(=O)[C@@H](NC(=O)OCC1c2ccccc2-c2ccccc21)C1CCCC1)C(=O)O. The van der Waals surface area contributed by atoms with Crippen molar-refractivity contribution >= 4 is 24.0 Å². The second-order valence-electron chi connectivity index (χ2n) is 9.82. The molecule has 0 aliphatic heterocycles. The maximum atomic E-state index is 13.2. The van der Waals surface area contributed by atoms with E-state index in [-0.39, 0.29) is 31.4 Å². The lowest BCUT2D eigenvalue weighted by molar-refractivity contribution is -0.142. The van der Waals surface area contributed by atoms with Gasteiger partial charge in [-0.1, -0.05) is 61.4 Å². The number of hydrogen-bond donors (Lipinski definition) is 5. The van der Waals surface area contributed by atoms with Gasteiger partial charge < -0.3 is 31.5 Å². The van der Waals surface area contributed by atoms with Gasteiger partial charge in [0.25, 0.3) is 0 Å². The van der Waals surface area contributed by atoms with Gasteiger partial charge in [0.15, 0.2) is 0 Å². The first kappa shape index (κ1) is 27.0. The molecule has 1 fully saturated rings. The molecule has 1 saturated carbocycles. The van der Waals surface area contributed by atoms with Gasteiger partial charge >= 0.3 is 18.1 Å². The van der Waals surface area contributed by atoms with Gasteiger partial charge in [-0.2, -0.15) is 0 Å². The fraction of sp³-hybridized carbons (Fsp3) is 0.429. The van der Waals surface area contributed by atoms with E-state index in [1.54, 1.807) is 0 Å². The average Bonchev–Trinajstić information content (AvgIpc) is 3.54. The molecular weight excluding hydrogens is 488 g/mol. The van der Waals surface area contributed by atoms with Crippen molar-refractivity contribution in [2.75, 3.05) is 13.2 Å². The molecule has 4 amide bonds. The zero-order valence-electron chi connectivity index (χ0n) is 21.2. The van der Waals surface area contributed by atoms with E-state index in [4.69, 9.17) is 10.5 Å². The number of fused-ring (bicyclic) bond motifs is 3. The average molecular weight is 523 g/mol. The summed E-state index contributed by atoms with van der Waals surface area (Å²) in [5.41, 5.74) is 9.43. The number of primary amides is 1. The van der Waals surface area contributed by atoms with E-state index in [1.807, 2.05) is 36.4 Å². The van der Waals surface area contributed by atoms with E-state index in [9.17, 15) is 24.3 Å². The lowest BCUT2D eigenvalue weighted by atomic mass is 9.96. The van der Waals surface area contributed by atoms with Crippen molar-refractivity contribution < 1.29 is 29.0 Å². The summed E-state index contributed by atoms with van der Waals surface area (Å²) < 4.78 is 5.64. The Labute approximate surface area is 221 Å². The molecule has 0 unspecified atom stereocenters. The van der Waals surface area contributed by atoms with E-state index in [1.165, 1.54) is 0 Å². The van der Waals surface area contributed by atoms with Gasteiger partial charge in [0, 0.05) is 12.5 Å². The smallest absolute Gasteiger partial charge is 0.407 e. The number of carboxylic acids is 1. The summed E-state index contributed by atoms with van der Waals surface area (Å²) in [5.74, 6) is -1.97. The third-order valence-electron chi connectivity index (χ3n) is 7.35. The van der Waals surface area contributed by atoms with Gasteiger partial charge in [-0.05, 0) is 53.9 Å². The number of aliphatic carboxylic acids is 1. The quantitative estimate of drug-likeness (QED) is 0.285. The molecule has 38 heavy (non-hydrogen) atoms. The lowest BCUT2D eigenvalue weighted by Crippen LogP contribution is -2.54. The molecule has 10 heteroatoms. The molecule has 202 valence electrons. The predicted molar refractivity (Wildman–Crippen MR) is 140 cm³/mol. The highest BCUT2D eigenvalue weighted by molar-refractivity contribution is 5.89. The van der Waals surface area contributed by atoms with Crippen LogP contribution in [-0.2, 0) is 14.3 Å². The molecule has 2 aliphatic carbocycles. The second kappa shape index (κ2) is 12.4. The van der Waals surface area contributed by atoms with Crippen molar-refractivity contribution in [2.45, 2.75) is 56.5 Å². The minimum absolute atomic E-state index is 0.101. The number of hydrogen-bond acceptors (Lipinski definition) is 5. The van der Waals surface area contributed by atoms with E-state index in [2.05, 4.69) is 28.1 Å². The number of carbonyl (C=O) groups excluding carboxylic acids is 3. The van der Waals surface area contributed by atoms with Crippen LogP contribution in [-0.4, -0.2) is 54.3 Å². The number of rotatable bonds is 11. The highest BCUT2D eigenvalue weighted by Gasteiger charge is 2.35. The topological polar surface area (TPSA) is 160 Å². The lowest BCUT2D eigenvalue weighted by Gasteiger charge is -2.26. The molecule has 0 heterocycles. The number of ether oxygens (including phenoxy) is 1. The van der Waals surface area contributed by atoms with Crippen molar-refractivity contribution in [3.05, 3.63) is 59.7 Å². The number of amides is 4. The molecule has 0 aromatic heterocycles. The van der Waals surface area contributed by atoms with Crippen molar-refractivity contribution in [3.8, 4) is 11.1 Å². The normalized spacial score (nSPS) is 16.1. The molecule has 0 saturated heterocycles. The predicted octanol–water partition coefficient (Wildman–Crippen LogP) is 3.10. The largest absolute Gasteiger partial charge is 0.480 e. The number of urea groups is 1. The Morgan fingerprint density at radius 2 is 1.55 bits per heavy atom. The van der Waals surface area contributed by atoms with Crippen LogP contribution in [0.1, 0.15) is 55.6 Å². The van der Waals surface area contributed by atoms with Crippen LogP contribution >= 0.6 is 0 Å². The Bertz CT molecular complexity index is 1130. The molecule has 4 rings (SSSR count). The summed E-state index contributed by atoms with van der Waals surface area (Å²) in [7, 11) is 0. The van der Waals surface area contributed by atoms with Crippen LogP contribution in [0.25, 0.3) is 11.1 Å². The molecule has 2 aromatic carbocycles. The molecule has 0 spiro atoms. The molecule has 2 atom stereocenters. The fourth-order valence-electron chi connectivity index (χ4n) is 5.49. The minimum atomic E-state index is -1.19. The summed E-state index contributed by atoms with van der Waals surface area (Å²) in [6.07, 6.45) is 3.07. The molecule has 0 radical (unpaired) electrons. The molecule has 6 N–H and O–H groups in total. The fourth-order valence-corrected chi connectivity index (χ4v) is 5.49. The minimum Gasteiger partial charge on any atom is -0.480 e. The Morgan fingerprint density at radius 1 is 0.947 bits per heavy atom. The van der Waals surface area contributed by atoms with E-state index >= 15 is 0 Å². The number of carboxylic acid groups (broad SMARTS) is 1. The number of carbonyl (C=O) groups is 4. The number of nitrogens with one attached hydrogen (secondary N) is 3. The monoisotopic (exact) mass is 522 g/mol. The van der Waals surface area contributed by atoms with E-state index < -0.39 is 36.1 Å². The maximum Gasteiger partial charge on any atom is 0.407 e. The zero-order valence-corrected chi connectivity index (χ0v) is 21.2. The first-order valence-corrected chi connectivity index (χ1v) is 13.0. The molecular formula is C28H34N4O6. The third-order valence-corrected chi connectivity index (χ3v) is 7.35. The number of benzene rings is 2. The van der Waals surface area contributed by atoms with Gasteiger partial charge in [-0.25, -0.2) is 14.4 Å². The molecule has 2 aliphatic rings. The maximum absolute atomic E-state index is 13.2. The van der Waals surface area contributed by atoms with Gasteiger partial charge in [0.2, 0.25) is 5.91 Å². The van der Waals surface area contributed by atoms with Crippen LogP contribution in [0.15, 0.2) is 48.5 Å². The Hall–Kier alpha value is -4.08.